The first-order chi connectivity index (χ1) is 4.35. The molecular formula is C5H13IN2S. The number of halogens is 1. The van der Waals surface area contributed by atoms with Crippen LogP contribution in [0.1, 0.15) is 0 Å². The van der Waals surface area contributed by atoms with Gasteiger partial charge in [-0.2, -0.15) is 0 Å². The molecule has 4 heteroatoms. The van der Waals surface area contributed by atoms with Gasteiger partial charge < -0.3 is 10.6 Å². The lowest BCUT2D eigenvalue weighted by atomic mass is 10.6. The molecular weight excluding hydrogens is 247 g/mol. The van der Waals surface area contributed by atoms with Crippen molar-refractivity contribution in [3.8, 4) is 0 Å². The highest BCUT2D eigenvalue weighted by Crippen LogP contribution is 2.04. The van der Waals surface area contributed by atoms with Crippen LogP contribution < -0.4 is 10.6 Å². The molecule has 0 unspecified atom stereocenters. The van der Waals surface area contributed by atoms with Crippen LogP contribution in [0.3, 0.4) is 0 Å². The van der Waals surface area contributed by atoms with Crippen molar-refractivity contribution in [1.82, 2.24) is 10.6 Å². The summed E-state index contributed by atoms with van der Waals surface area (Å²) in [5.74, 6) is 1.13. The zero-order valence-electron chi connectivity index (χ0n) is 5.78. The Labute approximate surface area is 74.7 Å². The first-order valence-electron chi connectivity index (χ1n) is 2.83. The van der Waals surface area contributed by atoms with Gasteiger partial charge in [0.1, 0.15) is 0 Å². The number of nitrogens with one attached hydrogen (secondary N) is 2. The number of thioether (sulfide) groups is 1. The summed E-state index contributed by atoms with van der Waals surface area (Å²) in [6, 6.07) is 0. The van der Waals surface area contributed by atoms with Crippen molar-refractivity contribution in [3.05, 3.63) is 0 Å². The Morgan fingerprint density at radius 1 is 1.44 bits per heavy atom. The Kier molecular flexibility index (Phi) is 7.90. The summed E-state index contributed by atoms with van der Waals surface area (Å²) in [6.07, 6.45) is 0.463. The van der Waals surface area contributed by atoms with E-state index >= 15 is 0 Å². The highest BCUT2D eigenvalue weighted by Gasteiger charge is 1.98. The van der Waals surface area contributed by atoms with Gasteiger partial charge >= 0.3 is 0 Å². The van der Waals surface area contributed by atoms with Crippen LogP contribution in [0.25, 0.3) is 0 Å². The maximum absolute atomic E-state index is 3.15. The van der Waals surface area contributed by atoms with Gasteiger partial charge in [0.25, 0.3) is 0 Å². The van der Waals surface area contributed by atoms with E-state index in [2.05, 4.69) is 33.2 Å². The van der Waals surface area contributed by atoms with Crippen molar-refractivity contribution in [2.75, 3.05) is 23.6 Å². The fraction of sp³-hybridized carbons (Fsp3) is 1.00. The van der Waals surface area contributed by atoms with E-state index in [1.807, 2.05) is 25.9 Å². The Bertz CT molecular complexity index is 58.9. The molecule has 0 radical (unpaired) electrons. The highest BCUT2D eigenvalue weighted by atomic mass is 127. The molecule has 0 aromatic rings. The van der Waals surface area contributed by atoms with Gasteiger partial charge in [0, 0.05) is 9.51 Å². The number of rotatable bonds is 5. The van der Waals surface area contributed by atoms with Crippen LogP contribution in [-0.4, -0.2) is 29.8 Å². The summed E-state index contributed by atoms with van der Waals surface area (Å²) in [7, 11) is 3.93. The van der Waals surface area contributed by atoms with Crippen molar-refractivity contribution >= 4 is 34.4 Å². The van der Waals surface area contributed by atoms with Crippen LogP contribution >= 0.6 is 34.4 Å². The zero-order valence-corrected chi connectivity index (χ0v) is 8.75. The lowest BCUT2D eigenvalue weighted by Crippen LogP contribution is -2.39. The third-order valence-electron chi connectivity index (χ3n) is 1.06. The molecule has 0 rings (SSSR count). The quantitative estimate of drug-likeness (QED) is 0.436. The van der Waals surface area contributed by atoms with Crippen LogP contribution in [0.5, 0.6) is 0 Å². The summed E-state index contributed by atoms with van der Waals surface area (Å²) in [6.45, 7) is 0. The van der Waals surface area contributed by atoms with Crippen molar-refractivity contribution in [3.63, 3.8) is 0 Å². The summed E-state index contributed by atoms with van der Waals surface area (Å²) in [5.41, 5.74) is 0. The van der Waals surface area contributed by atoms with Gasteiger partial charge in [-0.05, 0) is 14.1 Å². The molecule has 0 aliphatic heterocycles. The minimum Gasteiger partial charge on any atom is -0.304 e. The van der Waals surface area contributed by atoms with E-state index in [4.69, 9.17) is 0 Å². The SMILES string of the molecule is CNC(CSCI)NC. The van der Waals surface area contributed by atoms with E-state index in [0.29, 0.717) is 6.17 Å². The Balaban J connectivity index is 3.09. The third kappa shape index (κ3) is 5.44. The molecule has 0 fully saturated rings. The molecule has 0 bridgehead atoms. The molecule has 0 aromatic heterocycles. The normalized spacial score (nSPS) is 10.7. The van der Waals surface area contributed by atoms with Gasteiger partial charge in [-0.15, -0.1) is 11.8 Å². The molecule has 56 valence electrons. The molecule has 0 saturated heterocycles. The zero-order chi connectivity index (χ0) is 7.11. The Morgan fingerprint density at radius 3 is 2.33 bits per heavy atom. The first kappa shape index (κ1) is 10.0. The molecule has 0 atom stereocenters. The smallest absolute Gasteiger partial charge is 0.0660 e. The van der Waals surface area contributed by atoms with Gasteiger partial charge in [0.2, 0.25) is 0 Å². The van der Waals surface area contributed by atoms with E-state index in [1.54, 1.807) is 0 Å². The van der Waals surface area contributed by atoms with Crippen LogP contribution in [0.2, 0.25) is 0 Å². The van der Waals surface area contributed by atoms with E-state index < -0.39 is 0 Å². The van der Waals surface area contributed by atoms with Gasteiger partial charge in [-0.25, -0.2) is 0 Å². The minimum absolute atomic E-state index is 0.463. The third-order valence-corrected chi connectivity index (χ3v) is 3.10. The molecule has 0 saturated carbocycles. The molecule has 0 heterocycles. The van der Waals surface area contributed by atoms with E-state index in [-0.39, 0.29) is 0 Å². The fourth-order valence-corrected chi connectivity index (χ4v) is 1.89. The highest BCUT2D eigenvalue weighted by molar-refractivity contribution is 14.1. The van der Waals surface area contributed by atoms with Gasteiger partial charge in [0.15, 0.2) is 0 Å². The van der Waals surface area contributed by atoms with Crippen molar-refractivity contribution in [2.24, 2.45) is 0 Å². The molecule has 0 aliphatic carbocycles. The largest absolute Gasteiger partial charge is 0.304 e. The first-order valence-corrected chi connectivity index (χ1v) is 5.51. The lowest BCUT2D eigenvalue weighted by Gasteiger charge is -2.12. The Hall–Kier alpha value is 1.00. The van der Waals surface area contributed by atoms with Gasteiger partial charge in [-0.3, -0.25) is 0 Å². The molecule has 0 spiro atoms. The maximum Gasteiger partial charge on any atom is 0.0660 e. The monoisotopic (exact) mass is 260 g/mol. The lowest BCUT2D eigenvalue weighted by molar-refractivity contribution is 0.545. The number of hydrogen-bond donors (Lipinski definition) is 2. The van der Waals surface area contributed by atoms with E-state index in [1.165, 1.54) is 0 Å². The van der Waals surface area contributed by atoms with Crippen LogP contribution in [0, 0.1) is 0 Å². The van der Waals surface area contributed by atoms with Crippen molar-refractivity contribution in [2.45, 2.75) is 6.17 Å². The van der Waals surface area contributed by atoms with Crippen LogP contribution in [0.4, 0.5) is 0 Å². The number of alkyl halides is 1. The van der Waals surface area contributed by atoms with Crippen molar-refractivity contribution < 1.29 is 0 Å². The molecule has 2 N–H and O–H groups in total. The fourth-order valence-electron chi connectivity index (χ4n) is 0.473. The Morgan fingerprint density at radius 2 is 2.00 bits per heavy atom. The molecule has 0 aliphatic rings. The second-order valence-corrected chi connectivity index (χ2v) is 4.44. The molecule has 0 aromatic carbocycles. The standard InChI is InChI=1S/C5H13IN2S/c1-7-5(8-2)3-9-4-6/h5,7-8H,3-4H2,1-2H3. The van der Waals surface area contributed by atoms with E-state index in [0.717, 1.165) is 9.51 Å². The van der Waals surface area contributed by atoms with E-state index in [9.17, 15) is 0 Å². The summed E-state index contributed by atoms with van der Waals surface area (Å²) in [4.78, 5) is 0. The van der Waals surface area contributed by atoms with Crippen molar-refractivity contribution in [1.29, 1.82) is 0 Å². The molecule has 0 amide bonds. The number of hydrogen-bond acceptors (Lipinski definition) is 3. The van der Waals surface area contributed by atoms with Crippen LogP contribution in [0.15, 0.2) is 0 Å². The predicted octanol–water partition coefficient (Wildman–Crippen LogP) is 0.877. The molecule has 2 nitrogen and oxygen atoms in total. The van der Waals surface area contributed by atoms with Gasteiger partial charge in [-0.1, -0.05) is 22.6 Å². The van der Waals surface area contributed by atoms with Gasteiger partial charge in [0.05, 0.1) is 6.17 Å². The average molecular weight is 260 g/mol. The summed E-state index contributed by atoms with van der Waals surface area (Å²) in [5, 5.41) is 6.30. The minimum atomic E-state index is 0.463. The summed E-state index contributed by atoms with van der Waals surface area (Å²) >= 11 is 4.29. The topological polar surface area (TPSA) is 24.1 Å². The second-order valence-electron chi connectivity index (χ2n) is 1.61. The maximum atomic E-state index is 3.15. The second kappa shape index (κ2) is 7.11. The average Bonchev–Trinajstić information content (AvgIpc) is 1.91. The summed E-state index contributed by atoms with van der Waals surface area (Å²) < 4.78 is 1.16. The predicted molar refractivity (Wildman–Crippen MR) is 53.3 cm³/mol. The van der Waals surface area contributed by atoms with Crippen LogP contribution in [-0.2, 0) is 0 Å². The molecule has 9 heavy (non-hydrogen) atoms.